The first-order valence-electron chi connectivity index (χ1n) is 7.55. The summed E-state index contributed by atoms with van der Waals surface area (Å²) in [6, 6.07) is 16.3. The van der Waals surface area contributed by atoms with Crippen molar-refractivity contribution in [3.05, 3.63) is 65.7 Å². The van der Waals surface area contributed by atoms with Crippen LogP contribution in [0.4, 0.5) is 0 Å². The highest BCUT2D eigenvalue weighted by Crippen LogP contribution is 2.19. The number of rotatable bonds is 6. The fourth-order valence-corrected chi connectivity index (χ4v) is 2.11. The fraction of sp³-hybridized carbons (Fsp3) is 0.222. The van der Waals surface area contributed by atoms with Gasteiger partial charge in [-0.1, -0.05) is 36.4 Å². The molecule has 0 atom stereocenters. The molecule has 0 aliphatic heterocycles. The Hall–Kier alpha value is -2.82. The van der Waals surface area contributed by atoms with E-state index < -0.39 is 0 Å². The predicted molar refractivity (Wildman–Crippen MR) is 88.0 cm³/mol. The van der Waals surface area contributed by atoms with Crippen LogP contribution in [0.15, 0.2) is 54.6 Å². The molecule has 2 N–H and O–H groups in total. The van der Waals surface area contributed by atoms with Gasteiger partial charge in [0.1, 0.15) is 5.75 Å². The Morgan fingerprint density at radius 3 is 2.39 bits per heavy atom. The third-order valence-corrected chi connectivity index (χ3v) is 3.25. The quantitative estimate of drug-likeness (QED) is 0.805. The minimum atomic E-state index is -0.339. The zero-order valence-corrected chi connectivity index (χ0v) is 13.0. The van der Waals surface area contributed by atoms with Crippen LogP contribution >= 0.6 is 0 Å². The van der Waals surface area contributed by atoms with E-state index in [1.54, 1.807) is 24.3 Å². The SMILES string of the molecule is CCOc1ccccc1CCC(=O)NNC(=O)c1ccccc1. The Balaban J connectivity index is 1.81. The second-order valence-corrected chi connectivity index (χ2v) is 4.91. The highest BCUT2D eigenvalue weighted by molar-refractivity contribution is 5.95. The number of hydrazine groups is 1. The van der Waals surface area contributed by atoms with E-state index in [9.17, 15) is 9.59 Å². The summed E-state index contributed by atoms with van der Waals surface area (Å²) in [5.74, 6) is 0.199. The van der Waals surface area contributed by atoms with Gasteiger partial charge in [-0.25, -0.2) is 0 Å². The number of para-hydroxylation sites is 1. The number of nitrogens with one attached hydrogen (secondary N) is 2. The molecule has 2 aromatic carbocycles. The second kappa shape index (κ2) is 8.58. The van der Waals surface area contributed by atoms with Gasteiger partial charge < -0.3 is 4.74 Å². The van der Waals surface area contributed by atoms with Crippen molar-refractivity contribution in [3.8, 4) is 5.75 Å². The molecule has 0 radical (unpaired) electrons. The van der Waals surface area contributed by atoms with Crippen LogP contribution in [0.5, 0.6) is 5.75 Å². The van der Waals surface area contributed by atoms with Gasteiger partial charge in [-0.15, -0.1) is 0 Å². The van der Waals surface area contributed by atoms with Crippen molar-refractivity contribution in [2.75, 3.05) is 6.61 Å². The van der Waals surface area contributed by atoms with Crippen LogP contribution in [0.1, 0.15) is 29.3 Å². The Labute approximate surface area is 135 Å². The Kier molecular flexibility index (Phi) is 6.17. The van der Waals surface area contributed by atoms with Crippen molar-refractivity contribution in [2.45, 2.75) is 19.8 Å². The van der Waals surface area contributed by atoms with Crippen molar-refractivity contribution < 1.29 is 14.3 Å². The Bertz CT molecular complexity index is 656. The number of hydrogen-bond acceptors (Lipinski definition) is 3. The van der Waals surface area contributed by atoms with Crippen molar-refractivity contribution >= 4 is 11.8 Å². The van der Waals surface area contributed by atoms with Crippen LogP contribution in [0.25, 0.3) is 0 Å². The fourth-order valence-electron chi connectivity index (χ4n) is 2.11. The lowest BCUT2D eigenvalue weighted by Gasteiger charge is -2.10. The molecule has 23 heavy (non-hydrogen) atoms. The molecule has 2 aromatic rings. The first kappa shape index (κ1) is 16.5. The molecule has 120 valence electrons. The Morgan fingerprint density at radius 1 is 0.957 bits per heavy atom. The third-order valence-electron chi connectivity index (χ3n) is 3.25. The van der Waals surface area contributed by atoms with Crippen LogP contribution in [0, 0.1) is 0 Å². The summed E-state index contributed by atoms with van der Waals surface area (Å²) in [7, 11) is 0. The zero-order chi connectivity index (χ0) is 16.5. The van der Waals surface area contributed by atoms with Gasteiger partial charge in [0.25, 0.3) is 5.91 Å². The largest absolute Gasteiger partial charge is 0.494 e. The summed E-state index contributed by atoms with van der Waals surface area (Å²) in [4.78, 5) is 23.7. The van der Waals surface area contributed by atoms with E-state index in [1.165, 1.54) is 0 Å². The van der Waals surface area contributed by atoms with Gasteiger partial charge in [-0.05, 0) is 37.1 Å². The van der Waals surface area contributed by atoms with Gasteiger partial charge in [0.15, 0.2) is 0 Å². The number of carbonyl (C=O) groups is 2. The van der Waals surface area contributed by atoms with E-state index in [0.29, 0.717) is 18.6 Å². The molecule has 0 bridgehead atoms. The number of amides is 2. The van der Waals surface area contributed by atoms with Crippen LogP contribution in [-0.4, -0.2) is 18.4 Å². The number of carbonyl (C=O) groups excluding carboxylic acids is 2. The number of benzene rings is 2. The van der Waals surface area contributed by atoms with Crippen molar-refractivity contribution in [3.63, 3.8) is 0 Å². The summed E-state index contributed by atoms with van der Waals surface area (Å²) >= 11 is 0. The lowest BCUT2D eigenvalue weighted by molar-refractivity contribution is -0.121. The molecule has 2 rings (SSSR count). The van der Waals surface area contributed by atoms with Crippen LogP contribution in [0.3, 0.4) is 0 Å². The summed E-state index contributed by atoms with van der Waals surface area (Å²) in [5.41, 5.74) is 6.29. The average Bonchev–Trinajstić information content (AvgIpc) is 2.60. The van der Waals surface area contributed by atoms with E-state index >= 15 is 0 Å². The molecule has 5 nitrogen and oxygen atoms in total. The second-order valence-electron chi connectivity index (χ2n) is 4.91. The molecule has 0 spiro atoms. The summed E-state index contributed by atoms with van der Waals surface area (Å²) in [6.07, 6.45) is 0.808. The minimum Gasteiger partial charge on any atom is -0.494 e. The van der Waals surface area contributed by atoms with Crippen molar-refractivity contribution in [1.29, 1.82) is 0 Å². The maximum absolute atomic E-state index is 11.9. The molecule has 0 saturated heterocycles. The van der Waals surface area contributed by atoms with Gasteiger partial charge in [0.2, 0.25) is 5.91 Å². The summed E-state index contributed by atoms with van der Waals surface area (Å²) in [6.45, 7) is 2.50. The van der Waals surface area contributed by atoms with E-state index in [1.807, 2.05) is 37.3 Å². The molecule has 0 saturated carbocycles. The molecule has 0 fully saturated rings. The summed E-state index contributed by atoms with van der Waals surface area (Å²) < 4.78 is 5.52. The van der Waals surface area contributed by atoms with E-state index in [0.717, 1.165) is 11.3 Å². The lowest BCUT2D eigenvalue weighted by atomic mass is 10.1. The van der Waals surface area contributed by atoms with Crippen molar-refractivity contribution in [2.24, 2.45) is 0 Å². The zero-order valence-electron chi connectivity index (χ0n) is 13.0. The topological polar surface area (TPSA) is 67.4 Å². The Morgan fingerprint density at radius 2 is 1.65 bits per heavy atom. The molecule has 5 heteroatoms. The highest BCUT2D eigenvalue weighted by atomic mass is 16.5. The first-order chi connectivity index (χ1) is 11.2. The molecular formula is C18H20N2O3. The number of aryl methyl sites for hydroxylation is 1. The number of ether oxygens (including phenoxy) is 1. The van der Waals surface area contributed by atoms with Gasteiger partial charge in [0, 0.05) is 12.0 Å². The molecular weight excluding hydrogens is 292 g/mol. The van der Waals surface area contributed by atoms with Crippen LogP contribution in [0.2, 0.25) is 0 Å². The molecule has 0 aromatic heterocycles. The van der Waals surface area contributed by atoms with Gasteiger partial charge in [-0.2, -0.15) is 0 Å². The average molecular weight is 312 g/mol. The predicted octanol–water partition coefficient (Wildman–Crippen LogP) is 2.48. The van der Waals surface area contributed by atoms with Gasteiger partial charge in [-0.3, -0.25) is 20.4 Å². The van der Waals surface area contributed by atoms with Gasteiger partial charge in [0.05, 0.1) is 6.61 Å². The van der Waals surface area contributed by atoms with E-state index in [2.05, 4.69) is 10.9 Å². The first-order valence-corrected chi connectivity index (χ1v) is 7.55. The van der Waals surface area contributed by atoms with E-state index in [-0.39, 0.29) is 18.2 Å². The third kappa shape index (κ3) is 5.14. The molecule has 2 amide bonds. The van der Waals surface area contributed by atoms with Crippen molar-refractivity contribution in [1.82, 2.24) is 10.9 Å². The smallest absolute Gasteiger partial charge is 0.269 e. The molecule has 0 aliphatic carbocycles. The molecule has 0 unspecified atom stereocenters. The minimum absolute atomic E-state index is 0.249. The lowest BCUT2D eigenvalue weighted by Crippen LogP contribution is -2.41. The van der Waals surface area contributed by atoms with Crippen LogP contribution < -0.4 is 15.6 Å². The van der Waals surface area contributed by atoms with E-state index in [4.69, 9.17) is 4.74 Å². The number of hydrogen-bond donors (Lipinski definition) is 2. The standard InChI is InChI=1S/C18H20N2O3/c1-2-23-16-11-7-6-8-14(16)12-13-17(21)19-20-18(22)15-9-4-3-5-10-15/h3-11H,2,12-13H2,1H3,(H,19,21)(H,20,22). The monoisotopic (exact) mass is 312 g/mol. The maximum atomic E-state index is 11.9. The summed E-state index contributed by atoms with van der Waals surface area (Å²) in [5, 5.41) is 0. The molecule has 0 aliphatic rings. The maximum Gasteiger partial charge on any atom is 0.269 e. The van der Waals surface area contributed by atoms with Gasteiger partial charge >= 0.3 is 0 Å². The highest BCUT2D eigenvalue weighted by Gasteiger charge is 2.08. The molecule has 0 heterocycles. The van der Waals surface area contributed by atoms with Crippen LogP contribution in [-0.2, 0) is 11.2 Å². The normalized spacial score (nSPS) is 9.96.